The van der Waals surface area contributed by atoms with Crippen LogP contribution in [0.15, 0.2) is 30.3 Å². The van der Waals surface area contributed by atoms with Gasteiger partial charge in [0, 0.05) is 12.6 Å². The van der Waals surface area contributed by atoms with E-state index in [4.69, 9.17) is 0 Å². The Hall–Kier alpha value is -1.39. The van der Waals surface area contributed by atoms with Crippen LogP contribution in [0.1, 0.15) is 19.4 Å². The standard InChI is InChI=1S/C16H25N3O/c1-12(11-18(3)4)19-13(2)17-15(16(19)20)10-14-8-6-5-7-9-14/h5-9,12-13,15,17H,10-11H2,1-4H3. The third-order valence-corrected chi connectivity index (χ3v) is 3.80. The van der Waals surface area contributed by atoms with Gasteiger partial charge in [0.2, 0.25) is 5.91 Å². The van der Waals surface area contributed by atoms with Gasteiger partial charge in [-0.25, -0.2) is 0 Å². The Morgan fingerprint density at radius 3 is 2.55 bits per heavy atom. The van der Waals surface area contributed by atoms with E-state index in [0.29, 0.717) is 0 Å². The maximum atomic E-state index is 12.6. The minimum atomic E-state index is -0.1000. The van der Waals surface area contributed by atoms with Gasteiger partial charge in [-0.2, -0.15) is 0 Å². The van der Waals surface area contributed by atoms with Crippen LogP contribution in [-0.4, -0.2) is 54.6 Å². The maximum absolute atomic E-state index is 12.6. The molecule has 1 aliphatic heterocycles. The normalized spacial score (nSPS) is 24.4. The fourth-order valence-electron chi connectivity index (χ4n) is 3.02. The van der Waals surface area contributed by atoms with Crippen LogP contribution < -0.4 is 5.32 Å². The van der Waals surface area contributed by atoms with Crippen molar-refractivity contribution in [2.24, 2.45) is 0 Å². The summed E-state index contributed by atoms with van der Waals surface area (Å²) in [6.45, 7) is 5.06. The fraction of sp³-hybridized carbons (Fsp3) is 0.562. The first-order valence-corrected chi connectivity index (χ1v) is 7.26. The predicted molar refractivity (Wildman–Crippen MR) is 81.4 cm³/mol. The zero-order valence-electron chi connectivity index (χ0n) is 12.8. The lowest BCUT2D eigenvalue weighted by atomic mass is 10.1. The molecule has 0 aromatic heterocycles. The first-order chi connectivity index (χ1) is 9.49. The molecule has 3 atom stereocenters. The summed E-state index contributed by atoms with van der Waals surface area (Å²) >= 11 is 0. The van der Waals surface area contributed by atoms with Crippen molar-refractivity contribution in [2.45, 2.75) is 38.5 Å². The first kappa shape index (κ1) is 15.0. The minimum absolute atomic E-state index is 0.1000. The molecule has 2 rings (SSSR count). The van der Waals surface area contributed by atoms with Crippen LogP contribution in [0.5, 0.6) is 0 Å². The number of benzene rings is 1. The molecule has 0 aliphatic carbocycles. The van der Waals surface area contributed by atoms with Crippen LogP contribution in [0.2, 0.25) is 0 Å². The Labute approximate surface area is 121 Å². The van der Waals surface area contributed by atoms with Crippen LogP contribution in [0.3, 0.4) is 0 Å². The highest BCUT2D eigenvalue weighted by Gasteiger charge is 2.38. The van der Waals surface area contributed by atoms with Gasteiger partial charge in [0.25, 0.3) is 0 Å². The van der Waals surface area contributed by atoms with Gasteiger partial charge < -0.3 is 9.80 Å². The SMILES string of the molecule is CC(CN(C)C)N1C(=O)C(Cc2ccccc2)NC1C. The van der Waals surface area contributed by atoms with Gasteiger partial charge in [0.15, 0.2) is 0 Å². The molecule has 1 aliphatic rings. The maximum Gasteiger partial charge on any atom is 0.241 e. The van der Waals surface area contributed by atoms with Crippen LogP contribution in [0, 0.1) is 0 Å². The summed E-state index contributed by atoms with van der Waals surface area (Å²) in [5.74, 6) is 0.218. The number of rotatable bonds is 5. The lowest BCUT2D eigenvalue weighted by Gasteiger charge is -2.30. The lowest BCUT2D eigenvalue weighted by Crippen LogP contribution is -2.46. The van der Waals surface area contributed by atoms with E-state index in [9.17, 15) is 4.79 Å². The first-order valence-electron chi connectivity index (χ1n) is 7.26. The third kappa shape index (κ3) is 3.38. The Morgan fingerprint density at radius 2 is 1.95 bits per heavy atom. The van der Waals surface area contributed by atoms with E-state index in [1.54, 1.807) is 0 Å². The Bertz CT molecular complexity index is 446. The second-order valence-corrected chi connectivity index (χ2v) is 5.94. The van der Waals surface area contributed by atoms with Crippen molar-refractivity contribution in [1.29, 1.82) is 0 Å². The second-order valence-electron chi connectivity index (χ2n) is 5.94. The molecule has 4 heteroatoms. The summed E-state index contributed by atoms with van der Waals surface area (Å²) in [4.78, 5) is 16.7. The van der Waals surface area contributed by atoms with E-state index in [0.717, 1.165) is 13.0 Å². The van der Waals surface area contributed by atoms with Gasteiger partial charge in [0.1, 0.15) is 0 Å². The molecule has 1 N–H and O–H groups in total. The van der Waals surface area contributed by atoms with Crippen molar-refractivity contribution in [3.8, 4) is 0 Å². The number of amides is 1. The van der Waals surface area contributed by atoms with E-state index in [1.165, 1.54) is 5.56 Å². The van der Waals surface area contributed by atoms with E-state index < -0.39 is 0 Å². The quantitative estimate of drug-likeness (QED) is 0.880. The Kier molecular flexibility index (Phi) is 4.78. The molecule has 1 saturated heterocycles. The van der Waals surface area contributed by atoms with Crippen molar-refractivity contribution in [3.63, 3.8) is 0 Å². The van der Waals surface area contributed by atoms with E-state index in [2.05, 4.69) is 36.2 Å². The number of carbonyl (C=O) groups is 1. The number of nitrogens with one attached hydrogen (secondary N) is 1. The molecular formula is C16H25N3O. The Balaban J connectivity index is 2.03. The van der Waals surface area contributed by atoms with Crippen LogP contribution in [0.25, 0.3) is 0 Å². The van der Waals surface area contributed by atoms with Crippen molar-refractivity contribution in [2.75, 3.05) is 20.6 Å². The van der Waals surface area contributed by atoms with Crippen molar-refractivity contribution in [1.82, 2.24) is 15.1 Å². The third-order valence-electron chi connectivity index (χ3n) is 3.80. The van der Waals surface area contributed by atoms with Gasteiger partial charge in [-0.15, -0.1) is 0 Å². The van der Waals surface area contributed by atoms with Crippen LogP contribution >= 0.6 is 0 Å². The summed E-state index contributed by atoms with van der Waals surface area (Å²) in [5, 5.41) is 3.41. The average molecular weight is 275 g/mol. The van der Waals surface area contributed by atoms with Crippen molar-refractivity contribution < 1.29 is 4.79 Å². The molecule has 0 bridgehead atoms. The number of hydrogen-bond donors (Lipinski definition) is 1. The van der Waals surface area contributed by atoms with E-state index >= 15 is 0 Å². The topological polar surface area (TPSA) is 35.6 Å². The number of carbonyl (C=O) groups excluding carboxylic acids is 1. The molecule has 0 spiro atoms. The molecule has 0 saturated carbocycles. The highest BCUT2D eigenvalue weighted by atomic mass is 16.2. The monoisotopic (exact) mass is 275 g/mol. The highest BCUT2D eigenvalue weighted by Crippen LogP contribution is 2.18. The second kappa shape index (κ2) is 6.37. The largest absolute Gasteiger partial charge is 0.322 e. The molecule has 4 nitrogen and oxygen atoms in total. The summed E-state index contributed by atoms with van der Waals surface area (Å²) < 4.78 is 0. The van der Waals surface area contributed by atoms with Gasteiger partial charge in [-0.3, -0.25) is 10.1 Å². The number of hydrogen-bond acceptors (Lipinski definition) is 3. The molecule has 3 unspecified atom stereocenters. The van der Waals surface area contributed by atoms with Gasteiger partial charge in [0.05, 0.1) is 12.2 Å². The molecule has 1 aromatic rings. The molecule has 1 amide bonds. The van der Waals surface area contributed by atoms with E-state index in [-0.39, 0.29) is 24.2 Å². The average Bonchev–Trinajstić information content (AvgIpc) is 2.65. The van der Waals surface area contributed by atoms with Crippen LogP contribution in [0.4, 0.5) is 0 Å². The van der Waals surface area contributed by atoms with Gasteiger partial charge in [-0.1, -0.05) is 30.3 Å². The molecule has 110 valence electrons. The Morgan fingerprint density at radius 1 is 1.30 bits per heavy atom. The summed E-state index contributed by atoms with van der Waals surface area (Å²) in [5.41, 5.74) is 1.20. The highest BCUT2D eigenvalue weighted by molar-refractivity contribution is 5.85. The van der Waals surface area contributed by atoms with E-state index in [1.807, 2.05) is 37.2 Å². The molecular weight excluding hydrogens is 250 g/mol. The van der Waals surface area contributed by atoms with Crippen molar-refractivity contribution >= 4 is 5.91 Å². The summed E-state index contributed by atoms with van der Waals surface area (Å²) in [6, 6.07) is 10.3. The van der Waals surface area contributed by atoms with Crippen molar-refractivity contribution in [3.05, 3.63) is 35.9 Å². The molecule has 1 aromatic carbocycles. The summed E-state index contributed by atoms with van der Waals surface area (Å²) in [7, 11) is 4.08. The minimum Gasteiger partial charge on any atom is -0.322 e. The zero-order chi connectivity index (χ0) is 14.7. The predicted octanol–water partition coefficient (Wildman–Crippen LogP) is 1.33. The van der Waals surface area contributed by atoms with Gasteiger partial charge >= 0.3 is 0 Å². The molecule has 0 radical (unpaired) electrons. The van der Waals surface area contributed by atoms with Gasteiger partial charge in [-0.05, 0) is 39.9 Å². The lowest BCUT2D eigenvalue weighted by molar-refractivity contribution is -0.132. The fourth-order valence-corrected chi connectivity index (χ4v) is 3.02. The molecule has 20 heavy (non-hydrogen) atoms. The van der Waals surface area contributed by atoms with Crippen LogP contribution in [-0.2, 0) is 11.2 Å². The number of likely N-dealkylation sites (N-methyl/N-ethyl adjacent to an activating group) is 1. The zero-order valence-corrected chi connectivity index (χ0v) is 12.8. The number of nitrogens with zero attached hydrogens (tertiary/aromatic N) is 2. The molecule has 1 heterocycles. The smallest absolute Gasteiger partial charge is 0.241 e. The molecule has 1 fully saturated rings. The summed E-state index contributed by atoms with van der Waals surface area (Å²) in [6.07, 6.45) is 0.862.